The number of fused-ring (bicyclic) bond motifs is 2. The number of hydrogen-bond acceptors (Lipinski definition) is 4. The molecule has 1 atom stereocenters. The molecule has 1 aliphatic rings. The van der Waals surface area contributed by atoms with Gasteiger partial charge < -0.3 is 23.5 Å². The van der Waals surface area contributed by atoms with Gasteiger partial charge in [0.05, 0.1) is 29.2 Å². The van der Waals surface area contributed by atoms with E-state index in [0.717, 1.165) is 65.9 Å². The summed E-state index contributed by atoms with van der Waals surface area (Å²) >= 11 is 0. The molecule has 7 nitrogen and oxygen atoms in total. The fourth-order valence-electron chi connectivity index (χ4n) is 4.89. The number of piperidine rings is 1. The minimum absolute atomic E-state index is 0.00238. The number of para-hydroxylation sites is 2. The predicted octanol–water partition coefficient (Wildman–Crippen LogP) is 4.31. The average Bonchev–Trinajstić information content (AvgIpc) is 3.42. The summed E-state index contributed by atoms with van der Waals surface area (Å²) in [7, 11) is 3.74. The van der Waals surface area contributed by atoms with Crippen LogP contribution in [0.1, 0.15) is 31.1 Å². The third-order valence-electron chi connectivity index (χ3n) is 6.60. The van der Waals surface area contributed by atoms with Crippen LogP contribution in [0.4, 0.5) is 0 Å². The molecule has 0 aliphatic carbocycles. The molecule has 7 heteroatoms. The van der Waals surface area contributed by atoms with Gasteiger partial charge in [-0.2, -0.15) is 0 Å². The zero-order chi connectivity index (χ0) is 22.8. The fourth-order valence-corrected chi connectivity index (χ4v) is 4.89. The Hall–Kier alpha value is -3.32. The maximum absolute atomic E-state index is 13.3. The highest BCUT2D eigenvalue weighted by Crippen LogP contribution is 2.32. The molecule has 0 saturated carbocycles. The van der Waals surface area contributed by atoms with Gasteiger partial charge in [-0.1, -0.05) is 18.2 Å². The van der Waals surface area contributed by atoms with E-state index >= 15 is 0 Å². The normalized spacial score (nSPS) is 16.5. The summed E-state index contributed by atoms with van der Waals surface area (Å²) < 4.78 is 15.5. The SMILES string of the molecule is COCCn1ccc2c(OCC(=O)N3CCCC[C@@H]3c3nc4ccccc4n3C)cccc21. The number of nitrogens with zero attached hydrogens (tertiary/aromatic N) is 4. The van der Waals surface area contributed by atoms with E-state index in [1.807, 2.05) is 54.5 Å². The van der Waals surface area contributed by atoms with Crippen LogP contribution in [0.3, 0.4) is 0 Å². The van der Waals surface area contributed by atoms with Gasteiger partial charge in [0.15, 0.2) is 6.61 Å². The third-order valence-corrected chi connectivity index (χ3v) is 6.60. The molecule has 1 amide bonds. The molecule has 0 N–H and O–H groups in total. The van der Waals surface area contributed by atoms with E-state index in [0.29, 0.717) is 6.61 Å². The second-order valence-corrected chi connectivity index (χ2v) is 8.60. The van der Waals surface area contributed by atoms with E-state index < -0.39 is 0 Å². The quantitative estimate of drug-likeness (QED) is 0.425. The number of imidazole rings is 1. The van der Waals surface area contributed by atoms with Crippen LogP contribution < -0.4 is 4.74 Å². The van der Waals surface area contributed by atoms with E-state index in [1.54, 1.807) is 7.11 Å². The molecular weight excluding hydrogens is 416 g/mol. The Bertz CT molecular complexity index is 1280. The summed E-state index contributed by atoms with van der Waals surface area (Å²) in [5.41, 5.74) is 3.13. The molecule has 1 aliphatic heterocycles. The van der Waals surface area contributed by atoms with E-state index in [1.165, 1.54) is 0 Å². The lowest BCUT2D eigenvalue weighted by Gasteiger charge is -2.35. The van der Waals surface area contributed by atoms with Crippen molar-refractivity contribution in [2.75, 3.05) is 26.9 Å². The first-order valence-corrected chi connectivity index (χ1v) is 11.6. The summed E-state index contributed by atoms with van der Waals surface area (Å²) in [6.45, 7) is 2.16. The van der Waals surface area contributed by atoms with Crippen molar-refractivity contribution in [3.63, 3.8) is 0 Å². The number of carbonyl (C=O) groups excluding carboxylic acids is 1. The Kier molecular flexibility index (Phi) is 6.05. The number of hydrogen-bond donors (Lipinski definition) is 0. The van der Waals surface area contributed by atoms with Crippen LogP contribution in [-0.2, 0) is 23.1 Å². The molecule has 4 aromatic rings. The van der Waals surface area contributed by atoms with Crippen molar-refractivity contribution < 1.29 is 14.3 Å². The Morgan fingerprint density at radius 2 is 1.94 bits per heavy atom. The molecule has 172 valence electrons. The van der Waals surface area contributed by atoms with Crippen molar-refractivity contribution in [1.82, 2.24) is 19.0 Å². The number of carbonyl (C=O) groups is 1. The van der Waals surface area contributed by atoms with Crippen molar-refractivity contribution >= 4 is 27.8 Å². The van der Waals surface area contributed by atoms with Gasteiger partial charge in [-0.3, -0.25) is 4.79 Å². The van der Waals surface area contributed by atoms with Crippen molar-refractivity contribution in [2.45, 2.75) is 31.8 Å². The van der Waals surface area contributed by atoms with Crippen LogP contribution in [0.25, 0.3) is 21.9 Å². The van der Waals surface area contributed by atoms with Gasteiger partial charge in [-0.25, -0.2) is 4.98 Å². The minimum atomic E-state index is -0.0295. The molecule has 0 bridgehead atoms. The van der Waals surface area contributed by atoms with Gasteiger partial charge in [0.2, 0.25) is 0 Å². The summed E-state index contributed by atoms with van der Waals surface area (Å²) in [6, 6.07) is 16.1. The minimum Gasteiger partial charge on any atom is -0.483 e. The van der Waals surface area contributed by atoms with E-state index in [4.69, 9.17) is 14.5 Å². The molecule has 5 rings (SSSR count). The Balaban J connectivity index is 1.34. The van der Waals surface area contributed by atoms with Gasteiger partial charge in [0.1, 0.15) is 11.6 Å². The van der Waals surface area contributed by atoms with Crippen molar-refractivity contribution in [1.29, 1.82) is 0 Å². The standard InChI is InChI=1S/C26H30N4O3/c1-28-22-9-4-3-8-20(22)27-26(28)23-10-5-6-14-30(23)25(31)18-33-24-12-7-11-21-19(24)13-15-29(21)16-17-32-2/h3-4,7-9,11-13,15,23H,5-6,10,14,16-18H2,1-2H3/t23-/m1/s1. The molecule has 0 unspecified atom stereocenters. The van der Waals surface area contributed by atoms with Crippen LogP contribution in [0.5, 0.6) is 5.75 Å². The lowest BCUT2D eigenvalue weighted by molar-refractivity contribution is -0.137. The smallest absolute Gasteiger partial charge is 0.261 e. The van der Waals surface area contributed by atoms with Crippen LogP contribution >= 0.6 is 0 Å². The number of ether oxygens (including phenoxy) is 2. The zero-order valence-electron chi connectivity index (χ0n) is 19.2. The maximum Gasteiger partial charge on any atom is 0.261 e. The van der Waals surface area contributed by atoms with E-state index in [2.05, 4.69) is 21.3 Å². The van der Waals surface area contributed by atoms with Crippen molar-refractivity contribution in [2.24, 2.45) is 7.05 Å². The topological polar surface area (TPSA) is 61.5 Å². The number of benzene rings is 2. The largest absolute Gasteiger partial charge is 0.483 e. The summed E-state index contributed by atoms with van der Waals surface area (Å²) in [6.07, 6.45) is 5.04. The van der Waals surface area contributed by atoms with Crippen LogP contribution in [-0.4, -0.2) is 51.8 Å². The van der Waals surface area contributed by atoms with Crippen LogP contribution in [0.15, 0.2) is 54.7 Å². The van der Waals surface area contributed by atoms with Gasteiger partial charge in [-0.05, 0) is 49.6 Å². The van der Waals surface area contributed by atoms with E-state index in [-0.39, 0.29) is 18.6 Å². The molecule has 1 fully saturated rings. The Morgan fingerprint density at radius 1 is 1.09 bits per heavy atom. The predicted molar refractivity (Wildman–Crippen MR) is 128 cm³/mol. The van der Waals surface area contributed by atoms with Crippen molar-refractivity contribution in [3.05, 3.63) is 60.6 Å². The molecule has 0 spiro atoms. The summed E-state index contributed by atoms with van der Waals surface area (Å²) in [4.78, 5) is 20.1. The highest BCUT2D eigenvalue weighted by molar-refractivity contribution is 5.87. The zero-order valence-corrected chi connectivity index (χ0v) is 19.2. The molecule has 2 aromatic heterocycles. The number of likely N-dealkylation sites (tertiary alicyclic amines) is 1. The van der Waals surface area contributed by atoms with Gasteiger partial charge in [0, 0.05) is 38.8 Å². The maximum atomic E-state index is 13.3. The van der Waals surface area contributed by atoms with Crippen molar-refractivity contribution in [3.8, 4) is 5.75 Å². The molecule has 0 radical (unpaired) electrons. The molecule has 1 saturated heterocycles. The van der Waals surface area contributed by atoms with Gasteiger partial charge >= 0.3 is 0 Å². The fraction of sp³-hybridized carbons (Fsp3) is 0.385. The summed E-state index contributed by atoms with van der Waals surface area (Å²) in [5, 5.41) is 1.01. The first kappa shape index (κ1) is 21.5. The lowest BCUT2D eigenvalue weighted by Crippen LogP contribution is -2.42. The second-order valence-electron chi connectivity index (χ2n) is 8.60. The Labute approximate surface area is 193 Å². The first-order valence-electron chi connectivity index (χ1n) is 11.6. The van der Waals surface area contributed by atoms with Gasteiger partial charge in [0.25, 0.3) is 5.91 Å². The monoisotopic (exact) mass is 446 g/mol. The van der Waals surface area contributed by atoms with Crippen LogP contribution in [0.2, 0.25) is 0 Å². The second kappa shape index (κ2) is 9.27. The number of methoxy groups -OCH3 is 1. The molecule has 33 heavy (non-hydrogen) atoms. The number of amides is 1. The average molecular weight is 447 g/mol. The number of aromatic nitrogens is 3. The number of rotatable bonds is 7. The third kappa shape index (κ3) is 4.09. The summed E-state index contributed by atoms with van der Waals surface area (Å²) in [5.74, 6) is 1.68. The molecular formula is C26H30N4O3. The molecule has 3 heterocycles. The first-order chi connectivity index (χ1) is 16.2. The number of aryl methyl sites for hydroxylation is 1. The highest BCUT2D eigenvalue weighted by atomic mass is 16.5. The van der Waals surface area contributed by atoms with Gasteiger partial charge in [-0.15, -0.1) is 0 Å². The Morgan fingerprint density at radius 3 is 2.79 bits per heavy atom. The molecule has 2 aromatic carbocycles. The van der Waals surface area contributed by atoms with Crippen LogP contribution in [0, 0.1) is 0 Å². The lowest BCUT2D eigenvalue weighted by atomic mass is 10.0. The highest BCUT2D eigenvalue weighted by Gasteiger charge is 2.31. The van der Waals surface area contributed by atoms with E-state index in [9.17, 15) is 4.79 Å².